The number of nitrogens with zero attached hydrogens (tertiary/aromatic N) is 1. The van der Waals surface area contributed by atoms with Gasteiger partial charge in [0.1, 0.15) is 5.75 Å². The summed E-state index contributed by atoms with van der Waals surface area (Å²) < 4.78 is 11.3. The molecule has 0 saturated carbocycles. The summed E-state index contributed by atoms with van der Waals surface area (Å²) in [6.45, 7) is 1.82. The highest BCUT2D eigenvalue weighted by Crippen LogP contribution is 2.25. The Bertz CT molecular complexity index is 732. The Morgan fingerprint density at radius 3 is 2.46 bits per heavy atom. The van der Waals surface area contributed by atoms with Crippen LogP contribution in [0, 0.1) is 0 Å². The van der Waals surface area contributed by atoms with Crippen LogP contribution in [0.3, 0.4) is 0 Å². The lowest BCUT2D eigenvalue weighted by Crippen LogP contribution is -2.27. The number of ether oxygens (including phenoxy) is 2. The molecule has 0 aromatic heterocycles. The predicted molar refractivity (Wildman–Crippen MR) is 97.2 cm³/mol. The number of methoxy groups -OCH3 is 2. The molecule has 1 N–H and O–H groups in total. The Morgan fingerprint density at radius 1 is 1.17 bits per heavy atom. The lowest BCUT2D eigenvalue weighted by atomic mass is 10.1. The van der Waals surface area contributed by atoms with Gasteiger partial charge in [-0.05, 0) is 52.2 Å². The van der Waals surface area contributed by atoms with Crippen LogP contribution in [-0.2, 0) is 9.53 Å². The fourth-order valence-electron chi connectivity index (χ4n) is 2.18. The monoisotopic (exact) mass is 390 g/mol. The number of amides is 1. The summed E-state index contributed by atoms with van der Waals surface area (Å²) in [7, 11) is 3.10. The van der Waals surface area contributed by atoms with Crippen LogP contribution < -0.4 is 10.2 Å². The first-order valence-corrected chi connectivity index (χ1v) is 8.12. The third-order valence-corrected chi connectivity index (χ3v) is 4.10. The number of nitrogens with one attached hydrogen (secondary N) is 1. The van der Waals surface area contributed by atoms with Crippen LogP contribution >= 0.6 is 15.9 Å². The molecule has 2 rings (SSSR count). The molecular formula is C18H19BrN2O3. The maximum absolute atomic E-state index is 12.3. The number of hydrogen-bond donors (Lipinski definition) is 1. The van der Waals surface area contributed by atoms with Crippen molar-refractivity contribution in [3.05, 3.63) is 64.1 Å². The quantitative estimate of drug-likeness (QED) is 0.604. The minimum absolute atomic E-state index is 0.323. The number of halogens is 1. The first-order valence-electron chi connectivity index (χ1n) is 7.32. The van der Waals surface area contributed by atoms with Gasteiger partial charge in [0, 0.05) is 7.11 Å². The third-order valence-electron chi connectivity index (χ3n) is 3.48. The summed E-state index contributed by atoms with van der Waals surface area (Å²) >= 11 is 3.43. The van der Waals surface area contributed by atoms with E-state index in [1.807, 2.05) is 55.5 Å². The predicted octanol–water partition coefficient (Wildman–Crippen LogP) is 3.69. The van der Waals surface area contributed by atoms with E-state index in [0.29, 0.717) is 5.71 Å². The Labute approximate surface area is 149 Å². The lowest BCUT2D eigenvalue weighted by Gasteiger charge is -2.14. The second kappa shape index (κ2) is 8.61. The fraction of sp³-hybridized carbons (Fsp3) is 0.222. The molecule has 0 saturated heterocycles. The van der Waals surface area contributed by atoms with Gasteiger partial charge in [0.15, 0.2) is 6.10 Å². The third kappa shape index (κ3) is 4.43. The number of rotatable bonds is 6. The van der Waals surface area contributed by atoms with E-state index in [2.05, 4.69) is 26.5 Å². The summed E-state index contributed by atoms with van der Waals surface area (Å²) in [5.41, 5.74) is 4.88. The van der Waals surface area contributed by atoms with Gasteiger partial charge in [-0.25, -0.2) is 5.43 Å². The van der Waals surface area contributed by atoms with Gasteiger partial charge in [-0.2, -0.15) is 5.10 Å². The zero-order valence-corrected chi connectivity index (χ0v) is 15.3. The van der Waals surface area contributed by atoms with E-state index < -0.39 is 6.10 Å². The molecule has 6 heteroatoms. The van der Waals surface area contributed by atoms with Gasteiger partial charge in [0.05, 0.1) is 17.3 Å². The largest absolute Gasteiger partial charge is 0.496 e. The maximum Gasteiger partial charge on any atom is 0.273 e. The van der Waals surface area contributed by atoms with Gasteiger partial charge in [0.25, 0.3) is 5.91 Å². The van der Waals surface area contributed by atoms with Crippen molar-refractivity contribution in [2.45, 2.75) is 13.0 Å². The fourth-order valence-corrected chi connectivity index (χ4v) is 2.72. The highest BCUT2D eigenvalue weighted by molar-refractivity contribution is 9.10. The van der Waals surface area contributed by atoms with E-state index in [1.54, 1.807) is 7.11 Å². The van der Waals surface area contributed by atoms with E-state index in [1.165, 1.54) is 7.11 Å². The Hall–Kier alpha value is -2.18. The van der Waals surface area contributed by atoms with Crippen LogP contribution in [0.25, 0.3) is 0 Å². The summed E-state index contributed by atoms with van der Waals surface area (Å²) in [6, 6.07) is 14.9. The second-order valence-corrected chi connectivity index (χ2v) is 5.90. The van der Waals surface area contributed by atoms with Crippen LogP contribution in [0.4, 0.5) is 0 Å². The molecule has 0 radical (unpaired) electrons. The zero-order chi connectivity index (χ0) is 17.5. The van der Waals surface area contributed by atoms with Crippen LogP contribution in [0.5, 0.6) is 5.75 Å². The van der Waals surface area contributed by atoms with Gasteiger partial charge in [-0.3, -0.25) is 4.79 Å². The van der Waals surface area contributed by atoms with Crippen molar-refractivity contribution >= 4 is 27.5 Å². The van der Waals surface area contributed by atoms with Gasteiger partial charge in [-0.1, -0.05) is 30.3 Å². The molecule has 0 aliphatic heterocycles. The molecule has 0 bridgehead atoms. The van der Waals surface area contributed by atoms with Crippen molar-refractivity contribution in [1.29, 1.82) is 0 Å². The molecule has 0 aliphatic carbocycles. The maximum atomic E-state index is 12.3. The van der Waals surface area contributed by atoms with Crippen molar-refractivity contribution in [3.63, 3.8) is 0 Å². The topological polar surface area (TPSA) is 59.9 Å². The number of carbonyl (C=O) groups excluding carboxylic acids is 1. The van der Waals surface area contributed by atoms with Crippen molar-refractivity contribution in [1.82, 2.24) is 5.43 Å². The molecule has 1 amide bonds. The van der Waals surface area contributed by atoms with Crippen LogP contribution in [0.2, 0.25) is 0 Å². The Morgan fingerprint density at radius 2 is 1.88 bits per heavy atom. The van der Waals surface area contributed by atoms with E-state index in [-0.39, 0.29) is 5.91 Å². The van der Waals surface area contributed by atoms with E-state index in [0.717, 1.165) is 21.3 Å². The molecule has 1 atom stereocenters. The zero-order valence-electron chi connectivity index (χ0n) is 13.7. The number of hydrogen-bond acceptors (Lipinski definition) is 4. The molecule has 0 spiro atoms. The van der Waals surface area contributed by atoms with Crippen molar-refractivity contribution in [2.75, 3.05) is 14.2 Å². The SMILES string of the molecule is COc1ccc(/C(C)=N/NC(=O)C(OC)c2ccccc2)cc1Br. The van der Waals surface area contributed by atoms with Crippen molar-refractivity contribution in [3.8, 4) is 5.75 Å². The smallest absolute Gasteiger partial charge is 0.273 e. The lowest BCUT2D eigenvalue weighted by molar-refractivity contribution is -0.131. The molecule has 0 fully saturated rings. The normalized spacial score (nSPS) is 12.6. The second-order valence-electron chi connectivity index (χ2n) is 5.05. The van der Waals surface area contributed by atoms with Crippen LogP contribution in [0.15, 0.2) is 58.1 Å². The van der Waals surface area contributed by atoms with E-state index >= 15 is 0 Å². The van der Waals surface area contributed by atoms with Gasteiger partial charge >= 0.3 is 0 Å². The molecule has 5 nitrogen and oxygen atoms in total. The van der Waals surface area contributed by atoms with Crippen LogP contribution in [-0.4, -0.2) is 25.8 Å². The summed E-state index contributed by atoms with van der Waals surface area (Å²) in [5.74, 6) is 0.412. The van der Waals surface area contributed by atoms with Crippen molar-refractivity contribution in [2.24, 2.45) is 5.10 Å². The van der Waals surface area contributed by atoms with Crippen LogP contribution in [0.1, 0.15) is 24.2 Å². The van der Waals surface area contributed by atoms with Gasteiger partial charge < -0.3 is 9.47 Å². The van der Waals surface area contributed by atoms with Crippen molar-refractivity contribution < 1.29 is 14.3 Å². The summed E-state index contributed by atoms with van der Waals surface area (Å²) in [5, 5.41) is 4.16. The minimum atomic E-state index is -0.703. The summed E-state index contributed by atoms with van der Waals surface area (Å²) in [4.78, 5) is 12.3. The number of benzene rings is 2. The molecule has 2 aromatic carbocycles. The molecule has 24 heavy (non-hydrogen) atoms. The molecule has 126 valence electrons. The first kappa shape index (κ1) is 18.2. The number of carbonyl (C=O) groups is 1. The van der Waals surface area contributed by atoms with Gasteiger partial charge in [0.2, 0.25) is 0 Å². The van der Waals surface area contributed by atoms with Gasteiger partial charge in [-0.15, -0.1) is 0 Å². The highest BCUT2D eigenvalue weighted by atomic mass is 79.9. The number of hydrazone groups is 1. The average molecular weight is 391 g/mol. The molecule has 0 heterocycles. The highest BCUT2D eigenvalue weighted by Gasteiger charge is 2.19. The molecule has 2 aromatic rings. The summed E-state index contributed by atoms with van der Waals surface area (Å²) in [6.07, 6.45) is -0.703. The Balaban J connectivity index is 2.11. The Kier molecular flexibility index (Phi) is 6.52. The molecule has 0 aliphatic rings. The minimum Gasteiger partial charge on any atom is -0.496 e. The van der Waals surface area contributed by atoms with E-state index in [9.17, 15) is 4.79 Å². The average Bonchev–Trinajstić information content (AvgIpc) is 2.61. The standard InChI is InChI=1S/C18H19BrN2O3/c1-12(14-9-10-16(23-2)15(19)11-14)20-21-18(22)17(24-3)13-7-5-4-6-8-13/h4-11,17H,1-3H3,(H,21,22)/b20-12+. The molecular weight excluding hydrogens is 372 g/mol. The van der Waals surface area contributed by atoms with E-state index in [4.69, 9.17) is 9.47 Å². The first-order chi connectivity index (χ1) is 11.6. The molecule has 1 unspecified atom stereocenters.